The Morgan fingerprint density at radius 3 is 2.20 bits per heavy atom. The zero-order chi connectivity index (χ0) is 27.6. The van der Waals surface area contributed by atoms with E-state index in [-0.39, 0.29) is 0 Å². The van der Waals surface area contributed by atoms with Crippen LogP contribution in [0.1, 0.15) is 0 Å². The zero-order valence-electron chi connectivity index (χ0n) is 22.8. The number of nitrogens with zero attached hydrogens (tertiary/aromatic N) is 3. The van der Waals surface area contributed by atoms with Crippen LogP contribution < -0.4 is 9.64 Å². The van der Waals surface area contributed by atoms with Crippen LogP contribution in [0.4, 0.5) is 5.69 Å². The molecule has 0 saturated heterocycles. The Bertz CT molecular complexity index is 1870. The summed E-state index contributed by atoms with van der Waals surface area (Å²) in [5.74, 6) is 1.57. The first-order valence-corrected chi connectivity index (χ1v) is 13.8. The molecule has 6 aromatic rings. The topological polar surface area (TPSA) is 28.6 Å². The lowest BCUT2D eigenvalue weighted by molar-refractivity contribution is 0.481. The summed E-state index contributed by atoms with van der Waals surface area (Å²) >= 11 is 0. The van der Waals surface area contributed by atoms with Crippen molar-refractivity contribution in [2.75, 3.05) is 18.6 Å². The first-order chi connectivity index (χ1) is 20.2. The van der Waals surface area contributed by atoms with E-state index in [1.807, 2.05) is 30.5 Å². The summed E-state index contributed by atoms with van der Waals surface area (Å²) in [7, 11) is 2.06. The number of pyridine rings is 1. The van der Waals surface area contributed by atoms with Crippen LogP contribution in [-0.2, 0) is 0 Å². The van der Waals surface area contributed by atoms with E-state index < -0.39 is 0 Å². The molecule has 1 aliphatic heterocycles. The lowest BCUT2D eigenvalue weighted by atomic mass is 9.92. The molecule has 0 atom stereocenters. The number of ether oxygens (including phenoxy) is 1. The molecule has 1 aliphatic rings. The summed E-state index contributed by atoms with van der Waals surface area (Å²) in [5.41, 5.74) is 7.60. The van der Waals surface area contributed by atoms with E-state index in [0.29, 0.717) is 0 Å². The molecule has 198 valence electrons. The molecule has 0 fully saturated rings. The van der Waals surface area contributed by atoms with Crippen LogP contribution in [0.15, 0.2) is 146 Å². The Hall–Kier alpha value is -5.35. The number of anilines is 1. The van der Waals surface area contributed by atoms with Crippen molar-refractivity contribution in [1.82, 2.24) is 9.88 Å². The van der Waals surface area contributed by atoms with Gasteiger partial charge in [0.05, 0.1) is 12.4 Å². The SMILES string of the molecule is CN1C=CN(c2cccc(Oc3cccc(-c4cc(-c5ccccc5)c(-c5cccc6ccccc56)cn4)c3)c2)C1. The number of hydrogen-bond acceptors (Lipinski definition) is 4. The van der Waals surface area contributed by atoms with Gasteiger partial charge in [0.1, 0.15) is 11.5 Å². The van der Waals surface area contributed by atoms with Gasteiger partial charge in [-0.2, -0.15) is 0 Å². The van der Waals surface area contributed by atoms with E-state index in [1.165, 1.54) is 16.3 Å². The highest BCUT2D eigenvalue weighted by Gasteiger charge is 2.15. The summed E-state index contributed by atoms with van der Waals surface area (Å²) in [6, 6.07) is 44.1. The summed E-state index contributed by atoms with van der Waals surface area (Å²) < 4.78 is 6.33. The van der Waals surface area contributed by atoms with Crippen molar-refractivity contribution < 1.29 is 4.74 Å². The molecule has 41 heavy (non-hydrogen) atoms. The van der Waals surface area contributed by atoms with Gasteiger partial charge in [-0.3, -0.25) is 4.98 Å². The molecule has 1 aromatic heterocycles. The van der Waals surface area contributed by atoms with Crippen molar-refractivity contribution in [3.63, 3.8) is 0 Å². The Morgan fingerprint density at radius 2 is 1.34 bits per heavy atom. The van der Waals surface area contributed by atoms with E-state index >= 15 is 0 Å². The number of fused-ring (bicyclic) bond motifs is 1. The maximum absolute atomic E-state index is 6.33. The first-order valence-electron chi connectivity index (χ1n) is 13.8. The average molecular weight is 532 g/mol. The van der Waals surface area contributed by atoms with Crippen LogP contribution in [0.3, 0.4) is 0 Å². The molecule has 4 nitrogen and oxygen atoms in total. The van der Waals surface area contributed by atoms with Crippen molar-refractivity contribution in [3.8, 4) is 45.0 Å². The predicted molar refractivity (Wildman–Crippen MR) is 169 cm³/mol. The molecule has 0 saturated carbocycles. The second kappa shape index (κ2) is 10.7. The van der Waals surface area contributed by atoms with Gasteiger partial charge in [-0.05, 0) is 57.8 Å². The highest BCUT2D eigenvalue weighted by atomic mass is 16.5. The minimum atomic E-state index is 0.773. The number of aromatic nitrogens is 1. The first kappa shape index (κ1) is 24.7. The lowest BCUT2D eigenvalue weighted by Gasteiger charge is -2.19. The molecular formula is C37H29N3O. The fourth-order valence-electron chi connectivity index (χ4n) is 5.42. The standard InChI is InChI=1S/C37H29N3O/c1-39-20-21-40(26-39)30-15-9-17-32(23-30)41-31-16-7-14-29(22-31)37-24-35(28-10-3-2-4-11-28)36(25-38-37)34-19-8-13-27-12-5-6-18-33(27)34/h2-25H,26H2,1H3. The molecule has 0 radical (unpaired) electrons. The maximum Gasteiger partial charge on any atom is 0.129 e. The zero-order valence-corrected chi connectivity index (χ0v) is 22.8. The normalized spacial score (nSPS) is 12.7. The summed E-state index contributed by atoms with van der Waals surface area (Å²) in [6.07, 6.45) is 6.16. The monoisotopic (exact) mass is 531 g/mol. The molecule has 4 heteroatoms. The summed E-state index contributed by atoms with van der Waals surface area (Å²) in [4.78, 5) is 9.29. The van der Waals surface area contributed by atoms with Crippen LogP contribution in [-0.4, -0.2) is 23.6 Å². The third kappa shape index (κ3) is 5.04. The fraction of sp³-hybridized carbons (Fsp3) is 0.0541. The lowest BCUT2D eigenvalue weighted by Crippen LogP contribution is -2.21. The quantitative estimate of drug-likeness (QED) is 0.214. The fourth-order valence-corrected chi connectivity index (χ4v) is 5.42. The Morgan fingerprint density at radius 1 is 0.610 bits per heavy atom. The highest BCUT2D eigenvalue weighted by molar-refractivity contribution is 6.00. The van der Waals surface area contributed by atoms with Gasteiger partial charge in [-0.25, -0.2) is 0 Å². The average Bonchev–Trinajstić information content (AvgIpc) is 3.47. The number of hydrogen-bond donors (Lipinski definition) is 0. The highest BCUT2D eigenvalue weighted by Crippen LogP contribution is 2.38. The Labute approximate surface area is 240 Å². The smallest absolute Gasteiger partial charge is 0.129 e. The van der Waals surface area contributed by atoms with Gasteiger partial charge >= 0.3 is 0 Å². The number of benzene rings is 5. The van der Waals surface area contributed by atoms with Gasteiger partial charge in [0.2, 0.25) is 0 Å². The third-order valence-electron chi connectivity index (χ3n) is 7.46. The van der Waals surface area contributed by atoms with Crippen LogP contribution in [0.2, 0.25) is 0 Å². The molecule has 0 N–H and O–H groups in total. The summed E-state index contributed by atoms with van der Waals surface area (Å²) in [5, 5.41) is 2.44. The minimum Gasteiger partial charge on any atom is -0.457 e. The molecule has 0 unspecified atom stereocenters. The second-order valence-corrected chi connectivity index (χ2v) is 10.3. The van der Waals surface area contributed by atoms with E-state index in [0.717, 1.165) is 51.8 Å². The van der Waals surface area contributed by atoms with Crippen LogP contribution in [0, 0.1) is 0 Å². The molecule has 0 bridgehead atoms. The van der Waals surface area contributed by atoms with Gasteiger partial charge in [0, 0.05) is 48.5 Å². The van der Waals surface area contributed by atoms with Crippen LogP contribution in [0.25, 0.3) is 44.3 Å². The van der Waals surface area contributed by atoms with E-state index in [2.05, 4.69) is 132 Å². The van der Waals surface area contributed by atoms with E-state index in [4.69, 9.17) is 9.72 Å². The Balaban J connectivity index is 1.25. The molecule has 0 spiro atoms. The maximum atomic E-state index is 6.33. The summed E-state index contributed by atoms with van der Waals surface area (Å²) in [6.45, 7) is 0.823. The molecular weight excluding hydrogens is 502 g/mol. The van der Waals surface area contributed by atoms with E-state index in [1.54, 1.807) is 0 Å². The van der Waals surface area contributed by atoms with Crippen molar-refractivity contribution in [1.29, 1.82) is 0 Å². The van der Waals surface area contributed by atoms with Gasteiger partial charge in [-0.15, -0.1) is 0 Å². The molecule has 2 heterocycles. The molecule has 0 amide bonds. The largest absolute Gasteiger partial charge is 0.457 e. The third-order valence-corrected chi connectivity index (χ3v) is 7.46. The minimum absolute atomic E-state index is 0.773. The predicted octanol–water partition coefficient (Wildman–Crippen LogP) is 9.21. The van der Waals surface area contributed by atoms with E-state index in [9.17, 15) is 0 Å². The molecule has 5 aromatic carbocycles. The Kier molecular flexibility index (Phi) is 6.42. The van der Waals surface area contributed by atoms with Crippen molar-refractivity contribution in [2.45, 2.75) is 0 Å². The van der Waals surface area contributed by atoms with Crippen LogP contribution in [0.5, 0.6) is 11.5 Å². The second-order valence-electron chi connectivity index (χ2n) is 10.3. The molecule has 7 rings (SSSR count). The van der Waals surface area contributed by atoms with Crippen molar-refractivity contribution in [2.24, 2.45) is 0 Å². The van der Waals surface area contributed by atoms with Crippen molar-refractivity contribution >= 4 is 16.5 Å². The van der Waals surface area contributed by atoms with Gasteiger partial charge in [0.25, 0.3) is 0 Å². The molecule has 0 aliphatic carbocycles. The van der Waals surface area contributed by atoms with Gasteiger partial charge in [0.15, 0.2) is 0 Å². The van der Waals surface area contributed by atoms with Gasteiger partial charge < -0.3 is 14.5 Å². The number of rotatable bonds is 6. The van der Waals surface area contributed by atoms with Crippen LogP contribution >= 0.6 is 0 Å². The van der Waals surface area contributed by atoms with Crippen molar-refractivity contribution in [3.05, 3.63) is 146 Å². The van der Waals surface area contributed by atoms with Gasteiger partial charge in [-0.1, -0.05) is 91.0 Å².